The minimum absolute atomic E-state index is 0.0572. The molecule has 0 aliphatic carbocycles. The highest BCUT2D eigenvalue weighted by atomic mass is 32.2. The van der Waals surface area contributed by atoms with Gasteiger partial charge in [-0.05, 0) is 36.4 Å². The van der Waals surface area contributed by atoms with Crippen LogP contribution in [-0.2, 0) is 9.84 Å². The van der Waals surface area contributed by atoms with E-state index in [4.69, 9.17) is 10.5 Å². The molecular weight excluding hydrogens is 252 g/mol. The van der Waals surface area contributed by atoms with E-state index in [9.17, 15) is 8.42 Å². The van der Waals surface area contributed by atoms with Crippen molar-refractivity contribution in [1.82, 2.24) is 4.98 Å². The van der Waals surface area contributed by atoms with Crippen molar-refractivity contribution in [2.45, 2.75) is 4.90 Å². The maximum Gasteiger partial charge on any atom is 0.238 e. The van der Waals surface area contributed by atoms with Crippen LogP contribution in [-0.4, -0.2) is 19.7 Å². The molecule has 6 heteroatoms. The first-order valence-electron chi connectivity index (χ1n) is 5.15. The number of nitrogen functional groups attached to an aromatic ring is 1. The van der Waals surface area contributed by atoms with Crippen molar-refractivity contribution in [3.8, 4) is 11.6 Å². The highest BCUT2D eigenvalue weighted by Gasteiger charge is 2.15. The average molecular weight is 264 g/mol. The maximum absolute atomic E-state index is 11.6. The van der Waals surface area contributed by atoms with Crippen molar-refractivity contribution < 1.29 is 13.2 Å². The number of nitrogens with zero attached hydrogens (tertiary/aromatic N) is 1. The molecule has 2 rings (SSSR count). The molecule has 0 atom stereocenters. The van der Waals surface area contributed by atoms with Crippen LogP contribution in [0.4, 0.5) is 5.69 Å². The summed E-state index contributed by atoms with van der Waals surface area (Å²) in [6.45, 7) is 0. The monoisotopic (exact) mass is 264 g/mol. The topological polar surface area (TPSA) is 82.3 Å². The Hall–Kier alpha value is -2.08. The molecule has 1 aromatic heterocycles. The van der Waals surface area contributed by atoms with Crippen LogP contribution >= 0.6 is 0 Å². The third-order valence-corrected chi connectivity index (χ3v) is 3.34. The van der Waals surface area contributed by atoms with Gasteiger partial charge >= 0.3 is 0 Å². The fourth-order valence-corrected chi connectivity index (χ4v) is 2.12. The van der Waals surface area contributed by atoms with E-state index in [1.807, 2.05) is 0 Å². The Labute approximate surface area is 105 Å². The Bertz CT molecular complexity index is 651. The summed E-state index contributed by atoms with van der Waals surface area (Å²) in [5.74, 6) is 0.539. The Balaban J connectivity index is 2.38. The van der Waals surface area contributed by atoms with Crippen molar-refractivity contribution in [2.24, 2.45) is 0 Å². The van der Waals surface area contributed by atoms with E-state index in [1.54, 1.807) is 30.3 Å². The minimum Gasteiger partial charge on any atom is -0.438 e. The van der Waals surface area contributed by atoms with Gasteiger partial charge in [0.2, 0.25) is 5.88 Å². The van der Waals surface area contributed by atoms with Crippen LogP contribution < -0.4 is 10.5 Å². The van der Waals surface area contributed by atoms with Crippen LogP contribution in [0.1, 0.15) is 0 Å². The summed E-state index contributed by atoms with van der Waals surface area (Å²) in [6.07, 6.45) is 2.58. The molecule has 1 heterocycles. The number of rotatable bonds is 3. The first-order valence-corrected chi connectivity index (χ1v) is 7.04. The molecule has 0 amide bonds. The van der Waals surface area contributed by atoms with Crippen LogP contribution in [0.25, 0.3) is 0 Å². The standard InChI is InChI=1S/C12H12N2O3S/c1-18(15,16)11-3-2-8-14-12(11)17-10-6-4-9(13)5-7-10/h2-8H,13H2,1H3. The van der Waals surface area contributed by atoms with E-state index in [0.717, 1.165) is 6.26 Å². The molecule has 0 bridgehead atoms. The first kappa shape index (κ1) is 12.4. The van der Waals surface area contributed by atoms with Crippen LogP contribution in [0.3, 0.4) is 0 Å². The summed E-state index contributed by atoms with van der Waals surface area (Å²) in [5.41, 5.74) is 6.16. The van der Waals surface area contributed by atoms with Gasteiger partial charge in [0.25, 0.3) is 0 Å². The van der Waals surface area contributed by atoms with Crippen molar-refractivity contribution in [3.63, 3.8) is 0 Å². The van der Waals surface area contributed by atoms with E-state index in [2.05, 4.69) is 4.98 Å². The molecular formula is C12H12N2O3S. The Morgan fingerprint density at radius 1 is 1.17 bits per heavy atom. The third-order valence-electron chi connectivity index (χ3n) is 2.23. The zero-order valence-electron chi connectivity index (χ0n) is 9.70. The molecule has 0 aliphatic heterocycles. The molecule has 18 heavy (non-hydrogen) atoms. The van der Waals surface area contributed by atoms with E-state index < -0.39 is 9.84 Å². The molecule has 5 nitrogen and oxygen atoms in total. The predicted molar refractivity (Wildman–Crippen MR) is 68.3 cm³/mol. The minimum atomic E-state index is -3.37. The molecule has 0 spiro atoms. The quantitative estimate of drug-likeness (QED) is 0.855. The van der Waals surface area contributed by atoms with Crippen LogP contribution in [0, 0.1) is 0 Å². The number of pyridine rings is 1. The smallest absolute Gasteiger partial charge is 0.238 e. The number of ether oxygens (including phenoxy) is 1. The average Bonchev–Trinajstić information content (AvgIpc) is 2.31. The van der Waals surface area contributed by atoms with Crippen LogP contribution in [0.15, 0.2) is 47.5 Å². The second-order valence-corrected chi connectivity index (χ2v) is 5.73. The summed E-state index contributed by atoms with van der Waals surface area (Å²) in [4.78, 5) is 3.99. The van der Waals surface area contributed by atoms with Gasteiger partial charge in [-0.3, -0.25) is 0 Å². The van der Waals surface area contributed by atoms with Gasteiger partial charge in [0.15, 0.2) is 9.84 Å². The fraction of sp³-hybridized carbons (Fsp3) is 0.0833. The molecule has 0 saturated carbocycles. The molecule has 2 aromatic rings. The predicted octanol–water partition coefficient (Wildman–Crippen LogP) is 1.86. The summed E-state index contributed by atoms with van der Waals surface area (Å²) in [6, 6.07) is 9.63. The van der Waals surface area contributed by atoms with Crippen molar-refractivity contribution in [3.05, 3.63) is 42.6 Å². The molecule has 0 radical (unpaired) electrons. The molecule has 94 valence electrons. The second-order valence-electron chi connectivity index (χ2n) is 3.75. The highest BCUT2D eigenvalue weighted by molar-refractivity contribution is 7.90. The van der Waals surface area contributed by atoms with E-state index in [1.165, 1.54) is 12.3 Å². The Morgan fingerprint density at radius 2 is 1.83 bits per heavy atom. The first-order chi connectivity index (χ1) is 8.47. The fourth-order valence-electron chi connectivity index (χ4n) is 1.38. The Kier molecular flexibility index (Phi) is 3.20. The molecule has 0 unspecified atom stereocenters. The molecule has 0 saturated heterocycles. The zero-order valence-corrected chi connectivity index (χ0v) is 10.5. The SMILES string of the molecule is CS(=O)(=O)c1cccnc1Oc1ccc(N)cc1. The lowest BCUT2D eigenvalue weighted by Crippen LogP contribution is -2.01. The molecule has 0 aliphatic rings. The molecule has 1 aromatic carbocycles. The normalized spacial score (nSPS) is 11.2. The van der Waals surface area contributed by atoms with Gasteiger partial charge in [-0.15, -0.1) is 0 Å². The van der Waals surface area contributed by atoms with Gasteiger partial charge in [-0.1, -0.05) is 0 Å². The molecule has 0 fully saturated rings. The lowest BCUT2D eigenvalue weighted by Gasteiger charge is -2.08. The van der Waals surface area contributed by atoms with Gasteiger partial charge in [0, 0.05) is 18.1 Å². The second kappa shape index (κ2) is 4.66. The lowest BCUT2D eigenvalue weighted by atomic mass is 10.3. The number of sulfone groups is 1. The number of hydrogen-bond donors (Lipinski definition) is 1. The number of anilines is 1. The van der Waals surface area contributed by atoms with Crippen molar-refractivity contribution in [2.75, 3.05) is 12.0 Å². The van der Waals surface area contributed by atoms with Crippen molar-refractivity contribution >= 4 is 15.5 Å². The van der Waals surface area contributed by atoms with Gasteiger partial charge in [-0.25, -0.2) is 13.4 Å². The maximum atomic E-state index is 11.6. The highest BCUT2D eigenvalue weighted by Crippen LogP contribution is 2.26. The summed E-state index contributed by atoms with van der Waals surface area (Å²) < 4.78 is 28.6. The van der Waals surface area contributed by atoms with Gasteiger partial charge in [-0.2, -0.15) is 0 Å². The van der Waals surface area contributed by atoms with Crippen LogP contribution in [0.2, 0.25) is 0 Å². The lowest BCUT2D eigenvalue weighted by molar-refractivity contribution is 0.447. The molecule has 2 N–H and O–H groups in total. The van der Waals surface area contributed by atoms with E-state index in [0.29, 0.717) is 11.4 Å². The zero-order chi connectivity index (χ0) is 13.2. The van der Waals surface area contributed by atoms with E-state index in [-0.39, 0.29) is 10.8 Å². The Morgan fingerprint density at radius 3 is 2.44 bits per heavy atom. The summed E-state index contributed by atoms with van der Waals surface area (Å²) in [5, 5.41) is 0. The number of nitrogens with two attached hydrogens (primary N) is 1. The van der Waals surface area contributed by atoms with Crippen molar-refractivity contribution in [1.29, 1.82) is 0 Å². The van der Waals surface area contributed by atoms with Gasteiger partial charge in [0.05, 0.1) is 0 Å². The summed E-state index contributed by atoms with van der Waals surface area (Å²) in [7, 11) is -3.37. The van der Waals surface area contributed by atoms with Crippen LogP contribution in [0.5, 0.6) is 11.6 Å². The summed E-state index contributed by atoms with van der Waals surface area (Å²) >= 11 is 0. The van der Waals surface area contributed by atoms with Gasteiger partial charge in [0.1, 0.15) is 10.6 Å². The van der Waals surface area contributed by atoms with Gasteiger partial charge < -0.3 is 10.5 Å². The van der Waals surface area contributed by atoms with E-state index >= 15 is 0 Å². The number of hydrogen-bond acceptors (Lipinski definition) is 5. The number of aromatic nitrogens is 1. The largest absolute Gasteiger partial charge is 0.438 e. The third kappa shape index (κ3) is 2.78. The number of benzene rings is 1.